The van der Waals surface area contributed by atoms with Crippen LogP contribution in [0, 0.1) is 17.1 Å². The van der Waals surface area contributed by atoms with E-state index < -0.39 is 23.2 Å². The number of carbonyl (C=O) groups is 1. The maximum Gasteiger partial charge on any atom is 0.338 e. The third kappa shape index (κ3) is 2.50. The lowest BCUT2D eigenvalue weighted by molar-refractivity contribution is 0.0690. The maximum atomic E-state index is 13.8. The van der Waals surface area contributed by atoms with E-state index in [-0.39, 0.29) is 11.3 Å². The lowest BCUT2D eigenvalue weighted by atomic mass is 10.2. The molecule has 0 atom stereocenters. The van der Waals surface area contributed by atoms with E-state index in [2.05, 4.69) is 4.98 Å². The highest BCUT2D eigenvalue weighted by molar-refractivity contribution is 5.88. The molecule has 1 aromatic heterocycles. The van der Waals surface area contributed by atoms with E-state index in [1.54, 1.807) is 12.1 Å². The molecule has 0 saturated heterocycles. The van der Waals surface area contributed by atoms with Crippen molar-refractivity contribution in [3.8, 4) is 17.7 Å². The van der Waals surface area contributed by atoms with Crippen LogP contribution in [-0.4, -0.2) is 16.1 Å². The number of halogens is 1. The molecule has 0 aliphatic rings. The van der Waals surface area contributed by atoms with Crippen LogP contribution in [0.3, 0.4) is 0 Å². The monoisotopic (exact) mass is 258 g/mol. The first-order chi connectivity index (χ1) is 9.13. The average Bonchev–Trinajstić information content (AvgIpc) is 2.41. The molecule has 2 aromatic rings. The van der Waals surface area contributed by atoms with Gasteiger partial charge in [0.1, 0.15) is 17.4 Å². The highest BCUT2D eigenvalue weighted by Crippen LogP contribution is 2.26. The molecule has 0 fully saturated rings. The number of pyridine rings is 1. The van der Waals surface area contributed by atoms with Gasteiger partial charge in [0, 0.05) is 6.20 Å². The van der Waals surface area contributed by atoms with Gasteiger partial charge in [-0.05, 0) is 18.2 Å². The van der Waals surface area contributed by atoms with Crippen LogP contribution < -0.4 is 4.74 Å². The highest BCUT2D eigenvalue weighted by Gasteiger charge is 2.17. The summed E-state index contributed by atoms with van der Waals surface area (Å²) in [6.07, 6.45) is 1.12. The Morgan fingerprint density at radius 2 is 2.11 bits per heavy atom. The van der Waals surface area contributed by atoms with E-state index in [1.165, 1.54) is 12.1 Å². The van der Waals surface area contributed by atoms with Gasteiger partial charge in [-0.3, -0.25) is 0 Å². The zero-order valence-electron chi connectivity index (χ0n) is 9.50. The lowest BCUT2D eigenvalue weighted by Gasteiger charge is -2.07. The Hall–Kier alpha value is -2.94. The molecule has 1 heterocycles. The van der Waals surface area contributed by atoms with Crippen molar-refractivity contribution in [1.29, 1.82) is 5.26 Å². The zero-order valence-corrected chi connectivity index (χ0v) is 9.50. The molecule has 0 bridgehead atoms. The van der Waals surface area contributed by atoms with Crippen LogP contribution >= 0.6 is 0 Å². The molecule has 0 aliphatic heterocycles. The molecular formula is C13H7FN2O3. The molecule has 5 nitrogen and oxygen atoms in total. The second kappa shape index (κ2) is 5.14. The minimum Gasteiger partial charge on any atom is -0.478 e. The fraction of sp³-hybridized carbons (Fsp3) is 0. The van der Waals surface area contributed by atoms with Crippen LogP contribution in [0.5, 0.6) is 11.6 Å². The summed E-state index contributed by atoms with van der Waals surface area (Å²) in [5, 5.41) is 17.7. The molecule has 6 heteroatoms. The van der Waals surface area contributed by atoms with Crippen LogP contribution in [0.15, 0.2) is 36.5 Å². The predicted octanol–water partition coefficient (Wildman–Crippen LogP) is 2.58. The van der Waals surface area contributed by atoms with Crippen molar-refractivity contribution in [2.45, 2.75) is 0 Å². The van der Waals surface area contributed by atoms with Gasteiger partial charge in [-0.2, -0.15) is 5.26 Å². The maximum absolute atomic E-state index is 13.8. The topological polar surface area (TPSA) is 83.2 Å². The first-order valence-electron chi connectivity index (χ1n) is 5.18. The first-order valence-corrected chi connectivity index (χ1v) is 5.18. The molecular weight excluding hydrogens is 251 g/mol. The second-order valence-corrected chi connectivity index (χ2v) is 3.49. The molecule has 1 N–H and O–H groups in total. The Kier molecular flexibility index (Phi) is 3.39. The number of nitrogens with zero attached hydrogens (tertiary/aromatic N) is 2. The number of nitriles is 1. The summed E-state index contributed by atoms with van der Waals surface area (Å²) in [5.41, 5.74) is -0.344. The highest BCUT2D eigenvalue weighted by atomic mass is 19.1. The number of hydrogen-bond acceptors (Lipinski definition) is 4. The number of aromatic nitrogens is 1. The fourth-order valence-corrected chi connectivity index (χ4v) is 1.41. The van der Waals surface area contributed by atoms with Gasteiger partial charge in [-0.1, -0.05) is 12.1 Å². The number of ether oxygens (including phenoxy) is 1. The number of carboxylic acid groups (broad SMARTS) is 1. The first kappa shape index (κ1) is 12.5. The van der Waals surface area contributed by atoms with Gasteiger partial charge in [0.15, 0.2) is 5.82 Å². The number of para-hydroxylation sites is 1. The second-order valence-electron chi connectivity index (χ2n) is 3.49. The molecule has 2 rings (SSSR count). The smallest absolute Gasteiger partial charge is 0.338 e. The number of benzene rings is 1. The minimum atomic E-state index is -1.42. The summed E-state index contributed by atoms with van der Waals surface area (Å²) in [4.78, 5) is 14.4. The minimum absolute atomic E-state index is 0.110. The Morgan fingerprint density at radius 1 is 1.37 bits per heavy atom. The molecule has 1 aromatic carbocycles. The standard InChI is InChI=1S/C13H7FN2O3/c14-11-9(13(17)18)5-6-16-12(11)19-10-4-2-1-3-8(10)7-15/h1-6H,(H,17,18). The molecule has 94 valence electrons. The summed E-state index contributed by atoms with van der Waals surface area (Å²) < 4.78 is 18.9. The van der Waals surface area contributed by atoms with E-state index in [0.29, 0.717) is 0 Å². The van der Waals surface area contributed by atoms with Crippen LogP contribution in [0.25, 0.3) is 0 Å². The van der Waals surface area contributed by atoms with Crippen molar-refractivity contribution in [2.24, 2.45) is 0 Å². The van der Waals surface area contributed by atoms with E-state index >= 15 is 0 Å². The van der Waals surface area contributed by atoms with Gasteiger partial charge in [-0.25, -0.2) is 14.2 Å². The van der Waals surface area contributed by atoms with Gasteiger partial charge >= 0.3 is 5.97 Å². The van der Waals surface area contributed by atoms with Gasteiger partial charge in [0.05, 0.1) is 5.56 Å². The molecule has 0 unspecified atom stereocenters. The van der Waals surface area contributed by atoms with Crippen molar-refractivity contribution in [3.05, 3.63) is 53.5 Å². The molecule has 0 aliphatic carbocycles. The molecule has 0 spiro atoms. The third-order valence-electron chi connectivity index (χ3n) is 2.30. The van der Waals surface area contributed by atoms with Crippen molar-refractivity contribution in [3.63, 3.8) is 0 Å². The van der Waals surface area contributed by atoms with Gasteiger partial charge < -0.3 is 9.84 Å². The Morgan fingerprint density at radius 3 is 2.79 bits per heavy atom. The van der Waals surface area contributed by atoms with E-state index in [4.69, 9.17) is 15.1 Å². The molecule has 0 saturated carbocycles. The van der Waals surface area contributed by atoms with Crippen LogP contribution in [0.4, 0.5) is 4.39 Å². The van der Waals surface area contributed by atoms with Crippen LogP contribution in [-0.2, 0) is 0 Å². The molecule has 0 radical (unpaired) electrons. The Bertz CT molecular complexity index is 680. The molecule has 0 amide bonds. The Labute approximate surface area is 107 Å². The predicted molar refractivity (Wildman–Crippen MR) is 62.4 cm³/mol. The third-order valence-corrected chi connectivity index (χ3v) is 2.30. The normalized spacial score (nSPS) is 9.68. The SMILES string of the molecule is N#Cc1ccccc1Oc1nccc(C(=O)O)c1F. The van der Waals surface area contributed by atoms with E-state index in [1.807, 2.05) is 6.07 Å². The molecule has 19 heavy (non-hydrogen) atoms. The van der Waals surface area contributed by atoms with Crippen molar-refractivity contribution in [1.82, 2.24) is 4.98 Å². The summed E-state index contributed by atoms with van der Waals surface area (Å²) in [7, 11) is 0. The lowest BCUT2D eigenvalue weighted by Crippen LogP contribution is -2.03. The van der Waals surface area contributed by atoms with E-state index in [9.17, 15) is 9.18 Å². The van der Waals surface area contributed by atoms with Crippen LogP contribution in [0.1, 0.15) is 15.9 Å². The number of carboxylic acids is 1. The largest absolute Gasteiger partial charge is 0.478 e. The van der Waals surface area contributed by atoms with Gasteiger partial charge in [0.2, 0.25) is 0 Å². The van der Waals surface area contributed by atoms with E-state index in [0.717, 1.165) is 12.3 Å². The summed E-state index contributed by atoms with van der Waals surface area (Å²) in [6, 6.07) is 9.10. The Balaban J connectivity index is 2.42. The fourth-order valence-electron chi connectivity index (χ4n) is 1.41. The summed E-state index contributed by atoms with van der Waals surface area (Å²) in [5.74, 6) is -2.87. The van der Waals surface area contributed by atoms with Crippen molar-refractivity contribution >= 4 is 5.97 Å². The van der Waals surface area contributed by atoms with Crippen molar-refractivity contribution in [2.75, 3.05) is 0 Å². The summed E-state index contributed by atoms with van der Waals surface area (Å²) >= 11 is 0. The average molecular weight is 258 g/mol. The number of rotatable bonds is 3. The van der Waals surface area contributed by atoms with Crippen LogP contribution in [0.2, 0.25) is 0 Å². The zero-order chi connectivity index (χ0) is 13.8. The quantitative estimate of drug-likeness (QED) is 0.914. The van der Waals surface area contributed by atoms with Gasteiger partial charge in [0.25, 0.3) is 5.88 Å². The van der Waals surface area contributed by atoms with Gasteiger partial charge in [-0.15, -0.1) is 0 Å². The van der Waals surface area contributed by atoms with Crippen molar-refractivity contribution < 1.29 is 19.0 Å². The summed E-state index contributed by atoms with van der Waals surface area (Å²) in [6.45, 7) is 0. The number of hydrogen-bond donors (Lipinski definition) is 1. The number of aromatic carboxylic acids is 1.